The van der Waals surface area contributed by atoms with Crippen LogP contribution in [-0.4, -0.2) is 30.1 Å². The van der Waals surface area contributed by atoms with E-state index in [1.165, 1.54) is 6.20 Å². The molecule has 3 N–H and O–H groups in total. The fourth-order valence-electron chi connectivity index (χ4n) is 1.34. The van der Waals surface area contributed by atoms with Crippen LogP contribution in [-0.2, 0) is 9.59 Å². The summed E-state index contributed by atoms with van der Waals surface area (Å²) in [4.78, 5) is 21.8. The van der Waals surface area contributed by atoms with Crippen LogP contribution in [0.1, 0.15) is 39.0 Å². The van der Waals surface area contributed by atoms with Crippen molar-refractivity contribution in [2.75, 3.05) is 13.1 Å². The van der Waals surface area contributed by atoms with Gasteiger partial charge in [0.15, 0.2) is 0 Å². The fourth-order valence-corrected chi connectivity index (χ4v) is 1.34. The van der Waals surface area contributed by atoms with Crippen molar-refractivity contribution in [2.24, 2.45) is 0 Å². The van der Waals surface area contributed by atoms with Gasteiger partial charge in [0, 0.05) is 25.7 Å². The van der Waals surface area contributed by atoms with E-state index in [9.17, 15) is 9.59 Å². The summed E-state index contributed by atoms with van der Waals surface area (Å²) in [7, 11) is 0. The number of carboxylic acid groups (broad SMARTS) is 1. The predicted octanol–water partition coefficient (Wildman–Crippen LogP) is 1.15. The summed E-state index contributed by atoms with van der Waals surface area (Å²) in [5.74, 6) is -1.20. The van der Waals surface area contributed by atoms with Gasteiger partial charge in [0.25, 0.3) is 5.91 Å². The van der Waals surface area contributed by atoms with Gasteiger partial charge in [0.05, 0.1) is 0 Å². The molecular formula is C13H21N3O3. The highest BCUT2D eigenvalue weighted by Crippen LogP contribution is 1.99. The molecule has 0 unspecified atom stereocenters. The molecule has 19 heavy (non-hydrogen) atoms. The third-order valence-electron chi connectivity index (χ3n) is 2.36. The Bertz CT molecular complexity index is 359. The first-order valence-electron chi connectivity index (χ1n) is 6.45. The number of nitrogens with one attached hydrogen (secondary N) is 2. The molecule has 6 nitrogen and oxygen atoms in total. The quantitative estimate of drug-likeness (QED) is 0.313. The molecule has 0 aromatic heterocycles. The SMILES string of the molecule is CCCN/C=C(/C#N)C(=O)NCCCCCC(=O)O. The van der Waals surface area contributed by atoms with Gasteiger partial charge in [0.2, 0.25) is 0 Å². The molecule has 0 bridgehead atoms. The normalized spacial score (nSPS) is 10.6. The molecule has 0 aliphatic rings. The molecule has 0 spiro atoms. The van der Waals surface area contributed by atoms with Crippen LogP contribution < -0.4 is 10.6 Å². The summed E-state index contributed by atoms with van der Waals surface area (Å²) < 4.78 is 0. The predicted molar refractivity (Wildman–Crippen MR) is 71.1 cm³/mol. The number of carboxylic acids is 1. The van der Waals surface area contributed by atoms with Crippen LogP contribution in [0.4, 0.5) is 0 Å². The number of amides is 1. The van der Waals surface area contributed by atoms with Crippen molar-refractivity contribution in [3.8, 4) is 6.07 Å². The third-order valence-corrected chi connectivity index (χ3v) is 2.36. The first-order chi connectivity index (χ1) is 9.11. The summed E-state index contributed by atoms with van der Waals surface area (Å²) >= 11 is 0. The minimum atomic E-state index is -0.805. The number of nitriles is 1. The second kappa shape index (κ2) is 11.1. The lowest BCUT2D eigenvalue weighted by Crippen LogP contribution is -2.26. The van der Waals surface area contributed by atoms with Gasteiger partial charge >= 0.3 is 5.97 Å². The topological polar surface area (TPSA) is 102 Å². The fraction of sp³-hybridized carbons (Fsp3) is 0.615. The van der Waals surface area contributed by atoms with Crippen molar-refractivity contribution in [2.45, 2.75) is 39.0 Å². The van der Waals surface area contributed by atoms with E-state index in [2.05, 4.69) is 10.6 Å². The zero-order valence-corrected chi connectivity index (χ0v) is 11.2. The van der Waals surface area contributed by atoms with Gasteiger partial charge in [0.1, 0.15) is 11.6 Å². The lowest BCUT2D eigenvalue weighted by atomic mass is 10.2. The van der Waals surface area contributed by atoms with E-state index in [0.717, 1.165) is 12.8 Å². The Balaban J connectivity index is 3.80. The molecule has 0 aliphatic heterocycles. The molecule has 0 radical (unpaired) electrons. The molecule has 0 aromatic rings. The standard InChI is InChI=1S/C13H21N3O3/c1-2-7-15-10-11(9-14)13(19)16-8-5-3-4-6-12(17)18/h10,15H,2-8H2,1H3,(H,16,19)(H,17,18)/b11-10-. The van der Waals surface area contributed by atoms with E-state index in [1.54, 1.807) is 0 Å². The van der Waals surface area contributed by atoms with Crippen LogP contribution in [0, 0.1) is 11.3 Å². The van der Waals surface area contributed by atoms with Crippen LogP contribution in [0.3, 0.4) is 0 Å². The van der Waals surface area contributed by atoms with Gasteiger partial charge in [-0.1, -0.05) is 13.3 Å². The smallest absolute Gasteiger partial charge is 0.303 e. The Morgan fingerprint density at radius 1 is 1.26 bits per heavy atom. The maximum atomic E-state index is 11.6. The molecule has 0 aromatic carbocycles. The molecule has 0 fully saturated rings. The van der Waals surface area contributed by atoms with E-state index < -0.39 is 11.9 Å². The van der Waals surface area contributed by atoms with Crippen molar-refractivity contribution in [3.05, 3.63) is 11.8 Å². The molecule has 0 atom stereocenters. The first kappa shape index (κ1) is 17.0. The lowest BCUT2D eigenvalue weighted by molar-refractivity contribution is -0.137. The summed E-state index contributed by atoms with van der Waals surface area (Å²) in [6.45, 7) is 3.16. The van der Waals surface area contributed by atoms with Crippen LogP contribution in [0.15, 0.2) is 11.8 Å². The number of unbranched alkanes of at least 4 members (excludes halogenated alkanes) is 2. The monoisotopic (exact) mass is 267 g/mol. The van der Waals surface area contributed by atoms with Crippen molar-refractivity contribution in [3.63, 3.8) is 0 Å². The maximum absolute atomic E-state index is 11.6. The molecule has 1 amide bonds. The van der Waals surface area contributed by atoms with Crippen LogP contribution >= 0.6 is 0 Å². The zero-order chi connectivity index (χ0) is 14.5. The molecule has 6 heteroatoms. The van der Waals surface area contributed by atoms with Gasteiger partial charge in [-0.25, -0.2) is 0 Å². The van der Waals surface area contributed by atoms with E-state index in [-0.39, 0.29) is 12.0 Å². The van der Waals surface area contributed by atoms with Crippen molar-refractivity contribution >= 4 is 11.9 Å². The molecule has 0 rings (SSSR count). The zero-order valence-electron chi connectivity index (χ0n) is 11.2. The minimum absolute atomic E-state index is 0.0546. The molecular weight excluding hydrogens is 246 g/mol. The molecule has 106 valence electrons. The highest BCUT2D eigenvalue weighted by Gasteiger charge is 2.07. The summed E-state index contributed by atoms with van der Waals surface area (Å²) in [5.41, 5.74) is 0.0546. The number of rotatable bonds is 10. The molecule has 0 aliphatic carbocycles. The first-order valence-corrected chi connectivity index (χ1v) is 6.45. The summed E-state index contributed by atoms with van der Waals surface area (Å²) in [6.07, 6.45) is 4.54. The van der Waals surface area contributed by atoms with Crippen LogP contribution in [0.25, 0.3) is 0 Å². The summed E-state index contributed by atoms with van der Waals surface area (Å²) in [5, 5.41) is 22.8. The second-order valence-electron chi connectivity index (χ2n) is 4.08. The minimum Gasteiger partial charge on any atom is -0.481 e. The van der Waals surface area contributed by atoms with Gasteiger partial charge in [-0.15, -0.1) is 0 Å². The Kier molecular flexibility index (Phi) is 9.90. The van der Waals surface area contributed by atoms with E-state index in [0.29, 0.717) is 25.9 Å². The second-order valence-corrected chi connectivity index (χ2v) is 4.08. The maximum Gasteiger partial charge on any atom is 0.303 e. The van der Waals surface area contributed by atoms with Gasteiger partial charge in [-0.2, -0.15) is 5.26 Å². The molecule has 0 saturated carbocycles. The highest BCUT2D eigenvalue weighted by molar-refractivity contribution is 5.97. The number of carbonyl (C=O) groups is 2. The Morgan fingerprint density at radius 2 is 2.00 bits per heavy atom. The average molecular weight is 267 g/mol. The van der Waals surface area contributed by atoms with Gasteiger partial charge in [-0.3, -0.25) is 9.59 Å². The van der Waals surface area contributed by atoms with Crippen molar-refractivity contribution < 1.29 is 14.7 Å². The van der Waals surface area contributed by atoms with E-state index >= 15 is 0 Å². The van der Waals surface area contributed by atoms with Crippen LogP contribution in [0.2, 0.25) is 0 Å². The number of hydrogen-bond donors (Lipinski definition) is 3. The highest BCUT2D eigenvalue weighted by atomic mass is 16.4. The number of hydrogen-bond acceptors (Lipinski definition) is 4. The van der Waals surface area contributed by atoms with E-state index in [1.807, 2.05) is 13.0 Å². The third kappa shape index (κ3) is 9.65. The largest absolute Gasteiger partial charge is 0.481 e. The number of aliphatic carboxylic acids is 1. The Hall–Kier alpha value is -2.03. The number of nitrogens with zero attached hydrogens (tertiary/aromatic N) is 1. The van der Waals surface area contributed by atoms with Crippen molar-refractivity contribution in [1.82, 2.24) is 10.6 Å². The van der Waals surface area contributed by atoms with Crippen molar-refractivity contribution in [1.29, 1.82) is 5.26 Å². The Morgan fingerprint density at radius 3 is 2.58 bits per heavy atom. The number of carbonyl (C=O) groups excluding carboxylic acids is 1. The Labute approximate surface area is 113 Å². The van der Waals surface area contributed by atoms with E-state index in [4.69, 9.17) is 10.4 Å². The summed E-state index contributed by atoms with van der Waals surface area (Å²) in [6, 6.07) is 1.84. The van der Waals surface area contributed by atoms with Crippen LogP contribution in [0.5, 0.6) is 0 Å². The average Bonchev–Trinajstić information content (AvgIpc) is 2.38. The molecule has 0 heterocycles. The molecule has 0 saturated heterocycles. The van der Waals surface area contributed by atoms with Gasteiger partial charge in [-0.05, 0) is 19.3 Å². The lowest BCUT2D eigenvalue weighted by Gasteiger charge is -2.04. The van der Waals surface area contributed by atoms with Gasteiger partial charge < -0.3 is 15.7 Å².